The first-order chi connectivity index (χ1) is 7.29. The normalized spacial score (nSPS) is 24.6. The van der Waals surface area contributed by atoms with Crippen LogP contribution in [0.3, 0.4) is 0 Å². The fourth-order valence-electron chi connectivity index (χ4n) is 1.92. The molecule has 1 aliphatic rings. The van der Waals surface area contributed by atoms with Crippen LogP contribution in [-0.4, -0.2) is 45.5 Å². The van der Waals surface area contributed by atoms with Crippen LogP contribution >= 0.6 is 0 Å². The number of rotatable bonds is 8. The zero-order valence-corrected chi connectivity index (χ0v) is 12.0. The van der Waals surface area contributed by atoms with E-state index in [-0.39, 0.29) is 9.84 Å². The van der Waals surface area contributed by atoms with E-state index in [2.05, 4.69) is 30.0 Å². The number of hydrogen-bond acceptors (Lipinski definition) is 3. The molecule has 0 aliphatic carbocycles. The van der Waals surface area contributed by atoms with Crippen LogP contribution in [0.15, 0.2) is 0 Å². The third-order valence-electron chi connectivity index (χ3n) is 2.91. The molecule has 0 saturated carbocycles. The second-order valence-corrected chi connectivity index (χ2v) is 6.56. The molecule has 0 N–H and O–H groups in total. The molecule has 1 heterocycles. The molecule has 15 heavy (non-hydrogen) atoms. The summed E-state index contributed by atoms with van der Waals surface area (Å²) >= 11 is 0. The van der Waals surface area contributed by atoms with Gasteiger partial charge in [-0.3, -0.25) is 9.13 Å². The second-order valence-electron chi connectivity index (χ2n) is 4.47. The number of ether oxygens (including phenoxy) is 1. The molecule has 1 atom stereocenters. The van der Waals surface area contributed by atoms with Gasteiger partial charge in [0.25, 0.3) is 0 Å². The number of unbranched alkanes of at least 4 members (excludes halogenated alkanes) is 3. The van der Waals surface area contributed by atoms with Crippen molar-refractivity contribution < 1.29 is 4.74 Å². The van der Waals surface area contributed by atoms with Gasteiger partial charge in [0.2, 0.25) is 0 Å². The van der Waals surface area contributed by atoms with Crippen molar-refractivity contribution in [1.82, 2.24) is 9.13 Å². The Hall–Kier alpha value is 0.0969. The van der Waals surface area contributed by atoms with Crippen molar-refractivity contribution in [2.75, 3.05) is 20.2 Å². The molecule has 3 nitrogen and oxygen atoms in total. The van der Waals surface area contributed by atoms with Crippen LogP contribution in [-0.2, 0) is 4.74 Å². The smallest absolute Gasteiger partial charge is 0.179 e. The van der Waals surface area contributed by atoms with E-state index in [1.54, 1.807) is 0 Å². The average Bonchev–Trinajstić information content (AvgIpc) is 2.23. The zero-order valence-electron chi connectivity index (χ0n) is 10.5. The van der Waals surface area contributed by atoms with Crippen molar-refractivity contribution in [3.63, 3.8) is 0 Å². The maximum absolute atomic E-state index is 5.86. The maximum atomic E-state index is 5.86. The lowest BCUT2D eigenvalue weighted by atomic mass is 10.2. The summed E-state index contributed by atoms with van der Waals surface area (Å²) in [5.41, 5.74) is 0. The fourth-order valence-corrected chi connectivity index (χ4v) is 3.55. The highest BCUT2D eigenvalue weighted by atomic mass is 28.2. The molecule has 0 radical (unpaired) electrons. The van der Waals surface area contributed by atoms with Crippen molar-refractivity contribution in [2.24, 2.45) is 0 Å². The minimum atomic E-state index is -0.125. The monoisotopic (exact) mass is 230 g/mol. The summed E-state index contributed by atoms with van der Waals surface area (Å²) in [6.07, 6.45) is 6.74. The minimum Gasteiger partial charge on any atom is -0.351 e. The van der Waals surface area contributed by atoms with E-state index >= 15 is 0 Å². The molecule has 1 saturated heterocycles. The Morgan fingerprint density at radius 1 is 1.13 bits per heavy atom. The maximum Gasteiger partial charge on any atom is 0.179 e. The number of nitrogens with zero attached hydrogens (tertiary/aromatic N) is 2. The van der Waals surface area contributed by atoms with Gasteiger partial charge in [-0.25, -0.2) is 0 Å². The lowest BCUT2D eigenvalue weighted by molar-refractivity contribution is -0.126. The molecule has 1 aliphatic heterocycles. The van der Waals surface area contributed by atoms with E-state index in [0.717, 1.165) is 6.61 Å². The van der Waals surface area contributed by atoms with Crippen molar-refractivity contribution in [3.05, 3.63) is 0 Å². The summed E-state index contributed by atoms with van der Waals surface area (Å²) in [5, 5.41) is 0. The SMILES string of the molecule is CCCCCN1[SiH2]N(C)C1OCCCC. The van der Waals surface area contributed by atoms with Crippen LogP contribution < -0.4 is 0 Å². The van der Waals surface area contributed by atoms with Crippen LogP contribution in [0.25, 0.3) is 0 Å². The lowest BCUT2D eigenvalue weighted by Crippen LogP contribution is -2.66. The molecule has 1 fully saturated rings. The molecule has 4 heteroatoms. The third-order valence-corrected chi connectivity index (χ3v) is 4.66. The predicted molar refractivity (Wildman–Crippen MR) is 67.2 cm³/mol. The molecule has 0 spiro atoms. The quantitative estimate of drug-likeness (QED) is 0.464. The van der Waals surface area contributed by atoms with Gasteiger partial charge in [0.15, 0.2) is 16.2 Å². The molecule has 0 aromatic heterocycles. The average molecular weight is 230 g/mol. The molecule has 0 aromatic carbocycles. The Balaban J connectivity index is 2.10. The van der Waals surface area contributed by atoms with Crippen LogP contribution in [0.5, 0.6) is 0 Å². The molecule has 0 bridgehead atoms. The summed E-state index contributed by atoms with van der Waals surface area (Å²) in [6.45, 7) is 6.64. The predicted octanol–water partition coefficient (Wildman–Crippen LogP) is 1.52. The Bertz CT molecular complexity index is 169. The summed E-state index contributed by atoms with van der Waals surface area (Å²) in [6, 6.07) is 0. The van der Waals surface area contributed by atoms with Crippen molar-refractivity contribution in [3.8, 4) is 0 Å². The summed E-state index contributed by atoms with van der Waals surface area (Å²) in [4.78, 5) is 0. The van der Waals surface area contributed by atoms with Crippen molar-refractivity contribution >= 4 is 9.84 Å². The zero-order chi connectivity index (χ0) is 11.1. The van der Waals surface area contributed by atoms with E-state index in [9.17, 15) is 0 Å². The Morgan fingerprint density at radius 3 is 2.47 bits per heavy atom. The van der Waals surface area contributed by atoms with Gasteiger partial charge < -0.3 is 4.74 Å². The summed E-state index contributed by atoms with van der Waals surface area (Å²) < 4.78 is 10.8. The van der Waals surface area contributed by atoms with E-state index in [1.807, 2.05) is 0 Å². The fraction of sp³-hybridized carbons (Fsp3) is 1.00. The molecule has 1 unspecified atom stereocenters. The molecular formula is C11H26N2OSi. The Labute approximate surface area is 96.8 Å². The molecule has 0 aromatic rings. The number of hydrogen-bond donors (Lipinski definition) is 0. The molecule has 1 rings (SSSR count). The Kier molecular flexibility index (Phi) is 6.48. The van der Waals surface area contributed by atoms with Crippen LogP contribution in [0.1, 0.15) is 46.0 Å². The highest BCUT2D eigenvalue weighted by Crippen LogP contribution is 2.16. The Morgan fingerprint density at radius 2 is 1.87 bits per heavy atom. The van der Waals surface area contributed by atoms with E-state index < -0.39 is 0 Å². The highest BCUT2D eigenvalue weighted by Gasteiger charge is 2.33. The standard InChI is InChI=1S/C11H26N2OSi/c1-4-6-8-9-13-11(12(3)15-13)14-10-7-5-2/h11H,4-10,15H2,1-3H3. The van der Waals surface area contributed by atoms with Crippen LogP contribution in [0, 0.1) is 0 Å². The van der Waals surface area contributed by atoms with Crippen molar-refractivity contribution in [1.29, 1.82) is 0 Å². The first-order valence-corrected chi connectivity index (χ1v) is 7.62. The van der Waals surface area contributed by atoms with E-state index in [0.29, 0.717) is 6.35 Å². The van der Waals surface area contributed by atoms with Gasteiger partial charge in [0.05, 0.1) is 6.61 Å². The van der Waals surface area contributed by atoms with Gasteiger partial charge >= 0.3 is 0 Å². The third kappa shape index (κ3) is 4.22. The van der Waals surface area contributed by atoms with Gasteiger partial charge in [-0.2, -0.15) is 0 Å². The first-order valence-electron chi connectivity index (χ1n) is 6.35. The van der Waals surface area contributed by atoms with Gasteiger partial charge in [-0.05, 0) is 26.4 Å². The minimum absolute atomic E-state index is 0.125. The van der Waals surface area contributed by atoms with E-state index in [4.69, 9.17) is 4.74 Å². The summed E-state index contributed by atoms with van der Waals surface area (Å²) in [5.74, 6) is 0. The van der Waals surface area contributed by atoms with Gasteiger partial charge in [-0.15, -0.1) is 0 Å². The molecule has 0 amide bonds. The van der Waals surface area contributed by atoms with Gasteiger partial charge in [-0.1, -0.05) is 33.1 Å². The summed E-state index contributed by atoms with van der Waals surface area (Å²) in [7, 11) is 2.07. The largest absolute Gasteiger partial charge is 0.351 e. The van der Waals surface area contributed by atoms with Crippen LogP contribution in [0.4, 0.5) is 0 Å². The molecular weight excluding hydrogens is 204 g/mol. The van der Waals surface area contributed by atoms with E-state index in [1.165, 1.54) is 38.6 Å². The van der Waals surface area contributed by atoms with Crippen LogP contribution in [0.2, 0.25) is 0 Å². The topological polar surface area (TPSA) is 15.7 Å². The van der Waals surface area contributed by atoms with Crippen molar-refractivity contribution in [2.45, 2.75) is 52.3 Å². The lowest BCUT2D eigenvalue weighted by Gasteiger charge is -2.48. The van der Waals surface area contributed by atoms with Gasteiger partial charge in [0.1, 0.15) is 0 Å². The first kappa shape index (κ1) is 13.2. The second kappa shape index (κ2) is 7.38. The molecule has 90 valence electrons. The highest BCUT2D eigenvalue weighted by molar-refractivity contribution is 6.31. The van der Waals surface area contributed by atoms with Gasteiger partial charge in [0, 0.05) is 0 Å².